The molecule has 0 atom stereocenters. The van der Waals surface area contributed by atoms with Gasteiger partial charge >= 0.3 is 0 Å². The number of aromatic nitrogens is 2. The molecule has 1 aliphatic rings. The molecule has 1 aliphatic heterocycles. The maximum atomic E-state index is 14.7. The van der Waals surface area contributed by atoms with Crippen molar-refractivity contribution in [2.75, 3.05) is 44.8 Å². The number of halogens is 2. The molecule has 214 valence electrons. The Morgan fingerprint density at radius 3 is 2.44 bits per heavy atom. The summed E-state index contributed by atoms with van der Waals surface area (Å²) in [6, 6.07) is 15.2. The summed E-state index contributed by atoms with van der Waals surface area (Å²) in [4.78, 5) is 29.0. The quantitative estimate of drug-likeness (QED) is 0.237. The standard InChI is InChI=1S/C31H32F2N4O4/c1-31(2,3)27-19-28(37(35-27)25-10-8-20(32)18-24(25)33)34-30(39)29(38)23-9-11-26(22-7-5-4-6-21(22)23)41-17-14-36-12-15-40-16-13-36/h4-11,18-19H,12-17H2,1-3H3,(H,34,39). The number of Topliss-reactive ketones (excluding diaryl/α,β-unsaturated/α-hetero) is 1. The Morgan fingerprint density at radius 1 is 1.00 bits per heavy atom. The zero-order valence-corrected chi connectivity index (χ0v) is 23.2. The average Bonchev–Trinajstić information content (AvgIpc) is 3.37. The number of rotatable bonds is 8. The molecule has 10 heteroatoms. The van der Waals surface area contributed by atoms with Gasteiger partial charge < -0.3 is 14.8 Å². The number of nitrogens with zero attached hydrogens (tertiary/aromatic N) is 3. The third kappa shape index (κ3) is 6.28. The molecule has 1 fully saturated rings. The van der Waals surface area contributed by atoms with Gasteiger partial charge in [0.1, 0.15) is 29.7 Å². The van der Waals surface area contributed by atoms with Crippen molar-refractivity contribution in [1.82, 2.24) is 14.7 Å². The van der Waals surface area contributed by atoms with Crippen LogP contribution in [0.15, 0.2) is 60.7 Å². The summed E-state index contributed by atoms with van der Waals surface area (Å²) in [6.45, 7) is 10.1. The van der Waals surface area contributed by atoms with E-state index in [-0.39, 0.29) is 17.1 Å². The number of hydrogen-bond donors (Lipinski definition) is 1. The van der Waals surface area contributed by atoms with Crippen molar-refractivity contribution in [3.63, 3.8) is 0 Å². The smallest absolute Gasteiger partial charge is 0.297 e. The molecule has 3 aromatic carbocycles. The van der Waals surface area contributed by atoms with E-state index in [0.29, 0.717) is 42.0 Å². The van der Waals surface area contributed by atoms with Gasteiger partial charge in [0.05, 0.1) is 18.9 Å². The lowest BCUT2D eigenvalue weighted by atomic mass is 9.92. The summed E-state index contributed by atoms with van der Waals surface area (Å²) < 4.78 is 40.9. The molecule has 0 unspecified atom stereocenters. The van der Waals surface area contributed by atoms with Crippen molar-refractivity contribution in [3.8, 4) is 11.4 Å². The van der Waals surface area contributed by atoms with Gasteiger partial charge in [-0.3, -0.25) is 14.5 Å². The number of anilines is 1. The fourth-order valence-electron chi connectivity index (χ4n) is 4.67. The van der Waals surface area contributed by atoms with Gasteiger partial charge in [0.2, 0.25) is 0 Å². The first-order chi connectivity index (χ1) is 19.6. The van der Waals surface area contributed by atoms with Crippen LogP contribution < -0.4 is 10.1 Å². The van der Waals surface area contributed by atoms with E-state index in [0.717, 1.165) is 31.8 Å². The zero-order chi connectivity index (χ0) is 29.1. The van der Waals surface area contributed by atoms with E-state index in [1.54, 1.807) is 30.3 Å². The second-order valence-electron chi connectivity index (χ2n) is 10.9. The van der Waals surface area contributed by atoms with E-state index in [2.05, 4.69) is 15.3 Å². The predicted molar refractivity (Wildman–Crippen MR) is 152 cm³/mol. The predicted octanol–water partition coefficient (Wildman–Crippen LogP) is 5.13. The Morgan fingerprint density at radius 2 is 1.73 bits per heavy atom. The van der Waals surface area contributed by atoms with Gasteiger partial charge in [0.25, 0.3) is 11.7 Å². The molecule has 1 amide bonds. The van der Waals surface area contributed by atoms with Gasteiger partial charge in [-0.25, -0.2) is 13.5 Å². The van der Waals surface area contributed by atoms with Crippen LogP contribution in [-0.2, 0) is 14.9 Å². The van der Waals surface area contributed by atoms with Crippen LogP contribution in [0.2, 0.25) is 0 Å². The maximum absolute atomic E-state index is 14.7. The third-order valence-corrected chi connectivity index (χ3v) is 6.96. The van der Waals surface area contributed by atoms with E-state index < -0.39 is 28.7 Å². The van der Waals surface area contributed by atoms with Gasteiger partial charge in [-0.05, 0) is 29.7 Å². The van der Waals surface area contributed by atoms with Gasteiger partial charge in [-0.15, -0.1) is 0 Å². The van der Waals surface area contributed by atoms with Crippen LogP contribution in [0, 0.1) is 11.6 Å². The van der Waals surface area contributed by atoms with Crippen LogP contribution in [0.5, 0.6) is 5.75 Å². The molecule has 41 heavy (non-hydrogen) atoms. The molecule has 0 saturated carbocycles. The Balaban J connectivity index is 1.40. The van der Waals surface area contributed by atoms with Crippen LogP contribution in [0.25, 0.3) is 16.5 Å². The minimum Gasteiger partial charge on any atom is -0.492 e. The molecule has 2 heterocycles. The molecule has 0 spiro atoms. The molecule has 1 aromatic heterocycles. The molecule has 5 rings (SSSR count). The minimum atomic E-state index is -0.916. The van der Waals surface area contributed by atoms with Gasteiger partial charge in [-0.1, -0.05) is 45.0 Å². The number of morpholine rings is 1. The molecule has 0 aliphatic carbocycles. The lowest BCUT2D eigenvalue weighted by Crippen LogP contribution is -2.38. The van der Waals surface area contributed by atoms with Crippen molar-refractivity contribution >= 4 is 28.3 Å². The van der Waals surface area contributed by atoms with Crippen LogP contribution in [0.4, 0.5) is 14.6 Å². The van der Waals surface area contributed by atoms with Crippen molar-refractivity contribution in [1.29, 1.82) is 0 Å². The number of fused-ring (bicyclic) bond motifs is 1. The maximum Gasteiger partial charge on any atom is 0.297 e. The van der Waals surface area contributed by atoms with Gasteiger partial charge in [0.15, 0.2) is 5.82 Å². The number of ketones is 1. The monoisotopic (exact) mass is 562 g/mol. The van der Waals surface area contributed by atoms with Gasteiger partial charge in [0, 0.05) is 48.1 Å². The zero-order valence-electron chi connectivity index (χ0n) is 23.2. The molecular formula is C31H32F2N4O4. The topological polar surface area (TPSA) is 85.7 Å². The molecule has 1 N–H and O–H groups in total. The van der Waals surface area contributed by atoms with Crippen molar-refractivity contribution in [3.05, 3.63) is 83.6 Å². The number of carbonyl (C=O) groups excluding carboxylic acids is 2. The highest BCUT2D eigenvalue weighted by atomic mass is 19.1. The van der Waals surface area contributed by atoms with Crippen molar-refractivity contribution in [2.24, 2.45) is 0 Å². The second-order valence-corrected chi connectivity index (χ2v) is 10.9. The summed E-state index contributed by atoms with van der Waals surface area (Å²) in [5, 5.41) is 8.33. The first kappa shape index (κ1) is 28.4. The Bertz CT molecular complexity index is 1590. The second kappa shape index (κ2) is 11.8. The van der Waals surface area contributed by atoms with Crippen molar-refractivity contribution in [2.45, 2.75) is 26.2 Å². The van der Waals surface area contributed by atoms with E-state index in [1.165, 1.54) is 10.7 Å². The molecule has 0 bridgehead atoms. The highest BCUT2D eigenvalue weighted by Crippen LogP contribution is 2.30. The number of benzene rings is 3. The number of hydrogen-bond acceptors (Lipinski definition) is 6. The number of amides is 1. The lowest BCUT2D eigenvalue weighted by molar-refractivity contribution is -0.112. The number of ether oxygens (including phenoxy) is 2. The van der Waals surface area contributed by atoms with Crippen LogP contribution in [0.1, 0.15) is 36.8 Å². The summed E-state index contributed by atoms with van der Waals surface area (Å²) >= 11 is 0. The van der Waals surface area contributed by atoms with E-state index in [9.17, 15) is 18.4 Å². The fourth-order valence-corrected chi connectivity index (χ4v) is 4.67. The molecule has 8 nitrogen and oxygen atoms in total. The Kier molecular flexibility index (Phi) is 8.14. The van der Waals surface area contributed by atoms with Crippen LogP contribution in [0.3, 0.4) is 0 Å². The van der Waals surface area contributed by atoms with Crippen LogP contribution in [-0.4, -0.2) is 65.8 Å². The average molecular weight is 563 g/mol. The summed E-state index contributed by atoms with van der Waals surface area (Å²) in [7, 11) is 0. The summed E-state index contributed by atoms with van der Waals surface area (Å²) in [5.74, 6) is -2.58. The Hall–Kier alpha value is -4.15. The molecular weight excluding hydrogens is 530 g/mol. The van der Waals surface area contributed by atoms with E-state index in [1.807, 2.05) is 32.9 Å². The number of nitrogens with one attached hydrogen (secondary N) is 1. The highest BCUT2D eigenvalue weighted by Gasteiger charge is 2.26. The largest absolute Gasteiger partial charge is 0.492 e. The highest BCUT2D eigenvalue weighted by molar-refractivity contribution is 6.48. The lowest BCUT2D eigenvalue weighted by Gasteiger charge is -2.26. The molecule has 1 saturated heterocycles. The SMILES string of the molecule is CC(C)(C)c1cc(NC(=O)C(=O)c2ccc(OCCN3CCOCC3)c3ccccc23)n(-c2ccc(F)cc2F)n1. The van der Waals surface area contributed by atoms with Gasteiger partial charge in [-0.2, -0.15) is 5.10 Å². The van der Waals surface area contributed by atoms with Crippen molar-refractivity contribution < 1.29 is 27.8 Å². The Labute approximate surface area is 236 Å². The third-order valence-electron chi connectivity index (χ3n) is 6.96. The molecule has 0 radical (unpaired) electrons. The normalized spacial score (nSPS) is 14.3. The fraction of sp³-hybridized carbons (Fsp3) is 0.323. The van der Waals surface area contributed by atoms with Crippen LogP contribution >= 0.6 is 0 Å². The summed E-state index contributed by atoms with van der Waals surface area (Å²) in [5.41, 5.74) is 0.245. The van der Waals surface area contributed by atoms with E-state index >= 15 is 0 Å². The minimum absolute atomic E-state index is 0.0614. The number of carbonyl (C=O) groups is 2. The first-order valence-corrected chi connectivity index (χ1v) is 13.5. The molecule has 4 aromatic rings. The first-order valence-electron chi connectivity index (χ1n) is 13.5. The van der Waals surface area contributed by atoms with E-state index in [4.69, 9.17) is 9.47 Å². The summed E-state index contributed by atoms with van der Waals surface area (Å²) in [6.07, 6.45) is 0.